The van der Waals surface area contributed by atoms with Crippen LogP contribution >= 0.6 is 11.6 Å². The van der Waals surface area contributed by atoms with Gasteiger partial charge in [0.15, 0.2) is 0 Å². The average Bonchev–Trinajstić information content (AvgIpc) is 3.51. The number of nitrogens with zero attached hydrogens (tertiary/aromatic N) is 1. The molecular formula is C39H70ClN3O2. The number of halogens is 1. The standard InChI is InChI=1S/C12H19N.C11H14ClNO.C10H19NO.3C2H6/c1-10(2)5-4-6-12-8-7-11(3)13-9-12;1-8(2)7-11(14)13-10-5-3-9(12)4-6-10;1-8(2)7-10(12)11-9-5-3-4-6-9;3*1-2/h7-10H,4-6H2,1-3H3;3-6,8H,7H2,1-2H3,(H,13,14);8-9H,3-7H2,1-2H3,(H,11,12);3*1-2H3. The van der Waals surface area contributed by atoms with Crippen molar-refractivity contribution in [3.8, 4) is 0 Å². The van der Waals surface area contributed by atoms with Gasteiger partial charge in [0, 0.05) is 41.5 Å². The second-order valence-electron chi connectivity index (χ2n) is 11.9. The fourth-order valence-corrected chi connectivity index (χ4v) is 4.33. The number of amides is 2. The number of pyridine rings is 1. The van der Waals surface area contributed by atoms with Crippen LogP contribution in [0.3, 0.4) is 0 Å². The van der Waals surface area contributed by atoms with Crippen LogP contribution < -0.4 is 10.6 Å². The molecule has 45 heavy (non-hydrogen) atoms. The molecule has 0 spiro atoms. The molecule has 5 nitrogen and oxygen atoms in total. The molecule has 0 radical (unpaired) electrons. The van der Waals surface area contributed by atoms with E-state index < -0.39 is 0 Å². The number of nitrogens with one attached hydrogen (secondary N) is 2. The van der Waals surface area contributed by atoms with Crippen molar-refractivity contribution in [2.75, 3.05) is 5.32 Å². The molecule has 0 unspecified atom stereocenters. The van der Waals surface area contributed by atoms with E-state index in [0.29, 0.717) is 35.7 Å². The van der Waals surface area contributed by atoms with E-state index in [9.17, 15) is 9.59 Å². The molecule has 2 amide bonds. The second kappa shape index (κ2) is 31.6. The normalized spacial score (nSPS) is 11.7. The quantitative estimate of drug-likeness (QED) is 0.269. The van der Waals surface area contributed by atoms with Crippen LogP contribution in [-0.2, 0) is 16.0 Å². The van der Waals surface area contributed by atoms with Crippen LogP contribution in [0.2, 0.25) is 5.02 Å². The maximum absolute atomic E-state index is 11.4. The Bertz CT molecular complexity index is 936. The molecule has 2 aromatic rings. The van der Waals surface area contributed by atoms with Gasteiger partial charge in [0.1, 0.15) is 0 Å². The van der Waals surface area contributed by atoms with Crippen molar-refractivity contribution in [1.82, 2.24) is 10.3 Å². The third kappa shape index (κ3) is 30.0. The Hall–Kier alpha value is -2.40. The number of hydrogen-bond donors (Lipinski definition) is 2. The lowest BCUT2D eigenvalue weighted by molar-refractivity contribution is -0.122. The fraction of sp³-hybridized carbons (Fsp3) is 0.667. The van der Waals surface area contributed by atoms with Gasteiger partial charge >= 0.3 is 0 Å². The van der Waals surface area contributed by atoms with Gasteiger partial charge in [-0.15, -0.1) is 0 Å². The number of benzene rings is 1. The lowest BCUT2D eigenvalue weighted by Crippen LogP contribution is -2.33. The van der Waals surface area contributed by atoms with Crippen LogP contribution in [0.25, 0.3) is 0 Å². The second-order valence-corrected chi connectivity index (χ2v) is 12.3. The molecule has 260 valence electrons. The topological polar surface area (TPSA) is 71.1 Å². The fourth-order valence-electron chi connectivity index (χ4n) is 4.20. The van der Waals surface area contributed by atoms with E-state index in [2.05, 4.69) is 55.4 Å². The maximum Gasteiger partial charge on any atom is 0.224 e. The minimum absolute atomic E-state index is 0.0438. The predicted octanol–water partition coefficient (Wildman–Crippen LogP) is 11.9. The summed E-state index contributed by atoms with van der Waals surface area (Å²) in [5, 5.41) is 6.55. The molecule has 1 aliphatic rings. The Morgan fingerprint density at radius 2 is 1.29 bits per heavy atom. The van der Waals surface area contributed by atoms with Crippen molar-refractivity contribution < 1.29 is 9.59 Å². The Labute approximate surface area is 284 Å². The summed E-state index contributed by atoms with van der Waals surface area (Å²) >= 11 is 5.72. The lowest BCUT2D eigenvalue weighted by Gasteiger charge is -2.12. The molecule has 1 heterocycles. The van der Waals surface area contributed by atoms with Crippen molar-refractivity contribution in [2.45, 2.75) is 154 Å². The Kier molecular flexibility index (Phi) is 33.0. The molecule has 1 aromatic carbocycles. The van der Waals surface area contributed by atoms with Gasteiger partial charge in [0.05, 0.1) is 0 Å². The van der Waals surface area contributed by atoms with E-state index in [1.807, 2.05) is 68.5 Å². The molecule has 1 saturated carbocycles. The molecule has 0 atom stereocenters. The van der Waals surface area contributed by atoms with E-state index in [1.54, 1.807) is 24.3 Å². The van der Waals surface area contributed by atoms with Crippen LogP contribution in [0.4, 0.5) is 5.69 Å². The van der Waals surface area contributed by atoms with E-state index in [-0.39, 0.29) is 11.8 Å². The number of anilines is 1. The molecule has 3 rings (SSSR count). The molecular weight excluding hydrogens is 578 g/mol. The maximum atomic E-state index is 11.4. The van der Waals surface area contributed by atoms with Crippen molar-refractivity contribution in [3.05, 3.63) is 58.9 Å². The van der Waals surface area contributed by atoms with E-state index in [0.717, 1.165) is 17.3 Å². The van der Waals surface area contributed by atoms with Gasteiger partial charge in [-0.2, -0.15) is 0 Å². The summed E-state index contributed by atoms with van der Waals surface area (Å²) in [6.45, 7) is 26.8. The summed E-state index contributed by atoms with van der Waals surface area (Å²) in [6, 6.07) is 11.9. The van der Waals surface area contributed by atoms with Gasteiger partial charge in [-0.1, -0.05) is 120 Å². The molecule has 0 bridgehead atoms. The molecule has 0 saturated heterocycles. The highest BCUT2D eigenvalue weighted by Crippen LogP contribution is 2.18. The Morgan fingerprint density at radius 1 is 0.778 bits per heavy atom. The van der Waals surface area contributed by atoms with Crippen molar-refractivity contribution in [3.63, 3.8) is 0 Å². The highest BCUT2D eigenvalue weighted by atomic mass is 35.5. The number of aryl methyl sites for hydroxylation is 2. The van der Waals surface area contributed by atoms with E-state index >= 15 is 0 Å². The molecule has 1 aliphatic carbocycles. The lowest BCUT2D eigenvalue weighted by atomic mass is 10.0. The summed E-state index contributed by atoms with van der Waals surface area (Å²) < 4.78 is 0. The molecule has 1 fully saturated rings. The van der Waals surface area contributed by atoms with Gasteiger partial charge < -0.3 is 10.6 Å². The minimum atomic E-state index is 0.0438. The first-order valence-corrected chi connectivity index (χ1v) is 18.1. The summed E-state index contributed by atoms with van der Waals surface area (Å²) in [4.78, 5) is 26.9. The van der Waals surface area contributed by atoms with Crippen LogP contribution in [0, 0.1) is 24.7 Å². The zero-order valence-corrected chi connectivity index (χ0v) is 32.1. The van der Waals surface area contributed by atoms with Gasteiger partial charge in [-0.25, -0.2) is 0 Å². The summed E-state index contributed by atoms with van der Waals surface area (Å²) in [5.74, 6) is 1.95. The van der Waals surface area contributed by atoms with Crippen LogP contribution in [0.1, 0.15) is 146 Å². The number of carbonyl (C=O) groups is 2. The van der Waals surface area contributed by atoms with Crippen LogP contribution in [0.5, 0.6) is 0 Å². The summed E-state index contributed by atoms with van der Waals surface area (Å²) in [6.07, 6.45) is 11.9. The van der Waals surface area contributed by atoms with Gasteiger partial charge in [-0.05, 0) is 86.3 Å². The monoisotopic (exact) mass is 648 g/mol. The Balaban J connectivity index is -0.000000542. The summed E-state index contributed by atoms with van der Waals surface area (Å²) in [7, 11) is 0. The van der Waals surface area contributed by atoms with Gasteiger partial charge in [0.25, 0.3) is 0 Å². The number of carbonyl (C=O) groups excluding carboxylic acids is 2. The summed E-state index contributed by atoms with van der Waals surface area (Å²) in [5.41, 5.74) is 3.26. The average molecular weight is 648 g/mol. The van der Waals surface area contributed by atoms with Crippen molar-refractivity contribution in [1.29, 1.82) is 0 Å². The van der Waals surface area contributed by atoms with Crippen molar-refractivity contribution in [2.24, 2.45) is 17.8 Å². The SMILES string of the molecule is CC.CC.CC.CC(C)CC(=O)NC1CCCC1.CC(C)CC(=O)Nc1ccc(Cl)cc1.Cc1ccc(CCCC(C)C)cn1. The van der Waals surface area contributed by atoms with Gasteiger partial charge in [0.2, 0.25) is 11.8 Å². The first-order valence-electron chi connectivity index (χ1n) is 17.7. The van der Waals surface area contributed by atoms with Gasteiger partial charge in [-0.3, -0.25) is 14.6 Å². The molecule has 6 heteroatoms. The van der Waals surface area contributed by atoms with Crippen LogP contribution in [0.15, 0.2) is 42.6 Å². The zero-order chi connectivity index (χ0) is 35.2. The highest BCUT2D eigenvalue weighted by molar-refractivity contribution is 6.30. The zero-order valence-electron chi connectivity index (χ0n) is 31.4. The van der Waals surface area contributed by atoms with E-state index in [4.69, 9.17) is 11.6 Å². The number of aromatic nitrogens is 1. The molecule has 0 aliphatic heterocycles. The smallest absolute Gasteiger partial charge is 0.224 e. The highest BCUT2D eigenvalue weighted by Gasteiger charge is 2.17. The number of rotatable bonds is 10. The van der Waals surface area contributed by atoms with Crippen molar-refractivity contribution >= 4 is 29.1 Å². The molecule has 1 aromatic heterocycles. The first kappa shape index (κ1) is 47.0. The third-order valence-electron chi connectivity index (χ3n) is 6.26. The predicted molar refractivity (Wildman–Crippen MR) is 200 cm³/mol. The first-order chi connectivity index (χ1) is 21.4. The van der Waals surface area contributed by atoms with E-state index in [1.165, 1.54) is 50.5 Å². The third-order valence-corrected chi connectivity index (χ3v) is 6.51. The Morgan fingerprint density at radius 3 is 1.73 bits per heavy atom. The minimum Gasteiger partial charge on any atom is -0.353 e. The van der Waals surface area contributed by atoms with Crippen LogP contribution in [-0.4, -0.2) is 22.8 Å². The molecule has 2 N–H and O–H groups in total. The number of hydrogen-bond acceptors (Lipinski definition) is 3. The largest absolute Gasteiger partial charge is 0.353 e.